The number of amides is 1. The van der Waals surface area contributed by atoms with E-state index in [9.17, 15) is 4.79 Å². The van der Waals surface area contributed by atoms with Gasteiger partial charge in [-0.15, -0.1) is 10.2 Å². The number of pyridine rings is 1. The number of anilines is 1. The Balaban J connectivity index is 1.58. The lowest BCUT2D eigenvalue weighted by Crippen LogP contribution is -2.21. The van der Waals surface area contributed by atoms with E-state index in [-0.39, 0.29) is 11.3 Å². The third-order valence-electron chi connectivity index (χ3n) is 6.51. The molecule has 0 spiro atoms. The normalized spacial score (nSPS) is 11.6. The number of carbonyl (C=O) groups excluding carboxylic acids is 1. The van der Waals surface area contributed by atoms with Crippen LogP contribution in [0, 0.1) is 5.41 Å². The molecule has 0 radical (unpaired) electrons. The number of unbranched alkanes of at least 4 members (excludes halogenated alkanes) is 2. The molecular formula is C28H35N7O. The molecule has 4 rings (SSSR count). The summed E-state index contributed by atoms with van der Waals surface area (Å²) in [6, 6.07) is 13.0. The summed E-state index contributed by atoms with van der Waals surface area (Å²) in [6.45, 7) is 9.74. The molecule has 0 atom stereocenters. The highest BCUT2D eigenvalue weighted by atomic mass is 16.1. The van der Waals surface area contributed by atoms with Gasteiger partial charge in [-0.2, -0.15) is 0 Å². The molecule has 0 bridgehead atoms. The maximum atomic E-state index is 13.0. The molecule has 3 heterocycles. The summed E-state index contributed by atoms with van der Waals surface area (Å²) in [5, 5.41) is 12.0. The molecule has 1 N–H and O–H groups in total. The average Bonchev–Trinajstić information content (AvgIpc) is 3.55. The first-order valence-corrected chi connectivity index (χ1v) is 12.7. The van der Waals surface area contributed by atoms with Gasteiger partial charge in [-0.1, -0.05) is 52.7 Å². The lowest BCUT2D eigenvalue weighted by molar-refractivity contribution is 0.102. The molecule has 8 nitrogen and oxygen atoms in total. The second-order valence-electron chi connectivity index (χ2n) is 9.88. The summed E-state index contributed by atoms with van der Waals surface area (Å²) in [6.07, 6.45) is 10.6. The fourth-order valence-electron chi connectivity index (χ4n) is 3.99. The predicted molar refractivity (Wildman–Crippen MR) is 142 cm³/mol. The van der Waals surface area contributed by atoms with E-state index >= 15 is 0 Å². The lowest BCUT2D eigenvalue weighted by atomic mass is 9.90. The highest BCUT2D eigenvalue weighted by Gasteiger charge is 2.23. The first kappa shape index (κ1) is 25.3. The van der Waals surface area contributed by atoms with Crippen LogP contribution in [-0.2, 0) is 13.0 Å². The molecule has 8 heteroatoms. The van der Waals surface area contributed by atoms with Crippen LogP contribution in [0.2, 0.25) is 0 Å². The van der Waals surface area contributed by atoms with Crippen LogP contribution in [0.1, 0.15) is 69.6 Å². The number of aryl methyl sites for hydroxylation is 1. The van der Waals surface area contributed by atoms with Gasteiger partial charge in [0.1, 0.15) is 17.3 Å². The zero-order valence-electron chi connectivity index (χ0n) is 21.6. The van der Waals surface area contributed by atoms with Crippen LogP contribution >= 0.6 is 0 Å². The Labute approximate surface area is 212 Å². The van der Waals surface area contributed by atoms with E-state index in [1.54, 1.807) is 24.7 Å². The summed E-state index contributed by atoms with van der Waals surface area (Å²) in [7, 11) is 0. The van der Waals surface area contributed by atoms with Crippen molar-refractivity contribution in [3.63, 3.8) is 0 Å². The quantitative estimate of drug-likeness (QED) is 0.265. The smallest absolute Gasteiger partial charge is 0.256 e. The summed E-state index contributed by atoms with van der Waals surface area (Å²) in [5.74, 6) is 1.98. The molecular weight excluding hydrogens is 450 g/mol. The van der Waals surface area contributed by atoms with Crippen molar-refractivity contribution in [3.05, 3.63) is 72.6 Å². The van der Waals surface area contributed by atoms with Crippen molar-refractivity contribution in [2.24, 2.45) is 5.41 Å². The third kappa shape index (κ3) is 6.05. The molecule has 3 aromatic heterocycles. The van der Waals surface area contributed by atoms with Crippen molar-refractivity contribution in [2.45, 2.75) is 66.3 Å². The largest absolute Gasteiger partial charge is 0.309 e. The van der Waals surface area contributed by atoms with Crippen molar-refractivity contribution >= 4 is 11.7 Å². The standard InChI is InChI=1S/C28H35N7O/c1-5-7-8-15-25-32-33-26(35(25)19-28(3,4)6-2)23-13-10-14-24(30-23)31-27(36)21-11-9-12-22(18-21)34-17-16-29-20-34/h9-14,16-18,20H,5-8,15,19H2,1-4H3,(H,30,31,36). The van der Waals surface area contributed by atoms with Gasteiger partial charge in [-0.25, -0.2) is 9.97 Å². The number of benzene rings is 1. The zero-order valence-corrected chi connectivity index (χ0v) is 21.6. The number of imidazole rings is 1. The SMILES string of the molecule is CCCCCc1nnc(-c2cccc(NC(=O)c3cccc(-n4ccnc4)c3)n2)n1CC(C)(C)CC. The van der Waals surface area contributed by atoms with E-state index in [0.717, 1.165) is 49.6 Å². The van der Waals surface area contributed by atoms with E-state index < -0.39 is 0 Å². The summed E-state index contributed by atoms with van der Waals surface area (Å²) < 4.78 is 4.07. The minimum absolute atomic E-state index is 0.0999. The second-order valence-corrected chi connectivity index (χ2v) is 9.88. The van der Waals surface area contributed by atoms with Crippen molar-refractivity contribution in [3.8, 4) is 17.2 Å². The van der Waals surface area contributed by atoms with E-state index in [1.807, 2.05) is 41.1 Å². The molecule has 0 unspecified atom stereocenters. The van der Waals surface area contributed by atoms with Gasteiger partial charge in [0, 0.05) is 36.6 Å². The molecule has 0 aliphatic heterocycles. The number of nitrogens with zero attached hydrogens (tertiary/aromatic N) is 6. The lowest BCUT2D eigenvalue weighted by Gasteiger charge is -2.25. The van der Waals surface area contributed by atoms with Crippen molar-refractivity contribution < 1.29 is 4.79 Å². The topological polar surface area (TPSA) is 90.5 Å². The van der Waals surface area contributed by atoms with Gasteiger partial charge in [0.25, 0.3) is 5.91 Å². The highest BCUT2D eigenvalue weighted by molar-refractivity contribution is 6.04. The third-order valence-corrected chi connectivity index (χ3v) is 6.51. The van der Waals surface area contributed by atoms with E-state index in [4.69, 9.17) is 4.98 Å². The van der Waals surface area contributed by atoms with E-state index in [1.165, 1.54) is 6.42 Å². The van der Waals surface area contributed by atoms with Crippen molar-refractivity contribution in [1.82, 2.24) is 29.3 Å². The van der Waals surface area contributed by atoms with E-state index in [0.29, 0.717) is 17.1 Å². The fourth-order valence-corrected chi connectivity index (χ4v) is 3.99. The van der Waals surface area contributed by atoms with Crippen LogP contribution in [0.5, 0.6) is 0 Å². The summed E-state index contributed by atoms with van der Waals surface area (Å²) >= 11 is 0. The number of hydrogen-bond donors (Lipinski definition) is 1. The van der Waals surface area contributed by atoms with Crippen LogP contribution in [0.25, 0.3) is 17.2 Å². The van der Waals surface area contributed by atoms with Gasteiger partial charge in [0.05, 0.1) is 6.33 Å². The Kier molecular flexibility index (Phi) is 7.93. The average molecular weight is 486 g/mol. The highest BCUT2D eigenvalue weighted by Crippen LogP contribution is 2.27. The molecule has 0 fully saturated rings. The van der Waals surface area contributed by atoms with Crippen molar-refractivity contribution in [2.75, 3.05) is 5.32 Å². The second kappa shape index (κ2) is 11.3. The van der Waals surface area contributed by atoms with Gasteiger partial charge in [0.2, 0.25) is 0 Å². The predicted octanol–water partition coefficient (Wildman–Crippen LogP) is 5.95. The molecule has 1 aromatic carbocycles. The Bertz CT molecular complexity index is 1290. The van der Waals surface area contributed by atoms with Crippen LogP contribution in [0.15, 0.2) is 61.2 Å². The number of nitrogens with one attached hydrogen (secondary N) is 1. The first-order valence-electron chi connectivity index (χ1n) is 12.7. The molecule has 4 aromatic rings. The Hall–Kier alpha value is -3.81. The Morgan fingerprint density at radius 3 is 2.64 bits per heavy atom. The van der Waals surface area contributed by atoms with Crippen LogP contribution in [-0.4, -0.2) is 35.2 Å². The number of carbonyl (C=O) groups is 1. The molecule has 0 saturated carbocycles. The van der Waals surface area contributed by atoms with Crippen LogP contribution in [0.4, 0.5) is 5.82 Å². The van der Waals surface area contributed by atoms with Gasteiger partial charge >= 0.3 is 0 Å². The van der Waals surface area contributed by atoms with Gasteiger partial charge in [-0.05, 0) is 48.6 Å². The summed E-state index contributed by atoms with van der Waals surface area (Å²) in [5.41, 5.74) is 2.20. The Morgan fingerprint density at radius 1 is 1.06 bits per heavy atom. The monoisotopic (exact) mass is 485 g/mol. The molecule has 36 heavy (non-hydrogen) atoms. The number of aromatic nitrogens is 6. The van der Waals surface area contributed by atoms with E-state index in [2.05, 4.69) is 52.8 Å². The first-order chi connectivity index (χ1) is 17.4. The zero-order chi connectivity index (χ0) is 25.5. The summed E-state index contributed by atoms with van der Waals surface area (Å²) in [4.78, 5) is 21.8. The minimum atomic E-state index is -0.226. The Morgan fingerprint density at radius 2 is 1.89 bits per heavy atom. The van der Waals surface area contributed by atoms with Crippen LogP contribution in [0.3, 0.4) is 0 Å². The van der Waals surface area contributed by atoms with Gasteiger partial charge in [0.15, 0.2) is 5.82 Å². The number of rotatable bonds is 11. The fraction of sp³-hybridized carbons (Fsp3) is 0.393. The molecule has 0 aliphatic carbocycles. The van der Waals surface area contributed by atoms with Gasteiger partial charge < -0.3 is 14.5 Å². The molecule has 1 amide bonds. The number of hydrogen-bond acceptors (Lipinski definition) is 5. The maximum Gasteiger partial charge on any atom is 0.256 e. The molecule has 188 valence electrons. The molecule has 0 saturated heterocycles. The maximum absolute atomic E-state index is 13.0. The van der Waals surface area contributed by atoms with Crippen LogP contribution < -0.4 is 5.32 Å². The molecule has 0 aliphatic rings. The van der Waals surface area contributed by atoms with Crippen molar-refractivity contribution in [1.29, 1.82) is 0 Å². The minimum Gasteiger partial charge on any atom is -0.309 e. The van der Waals surface area contributed by atoms with Gasteiger partial charge in [-0.3, -0.25) is 4.79 Å².